The molecule has 4 rings (SSSR count). The maximum absolute atomic E-state index is 13.9. The van der Waals surface area contributed by atoms with E-state index < -0.39 is 11.6 Å². The van der Waals surface area contributed by atoms with E-state index in [2.05, 4.69) is 10.1 Å². The average molecular weight is 390 g/mol. The standard InChI is InChI=1S/C19H17ClFN3O3/c1-13-9-25-19(27-13,10-24-12-22-11-23-24)14-5-7-15(8-6-14)26-18-16(20)3-2-4-17(18)21/h2-8,11-13H,9-10H2,1H3. The van der Waals surface area contributed by atoms with Crippen LogP contribution in [0, 0.1) is 5.82 Å². The lowest BCUT2D eigenvalue weighted by molar-refractivity contribution is -0.186. The zero-order valence-corrected chi connectivity index (χ0v) is 15.3. The van der Waals surface area contributed by atoms with Gasteiger partial charge >= 0.3 is 0 Å². The van der Waals surface area contributed by atoms with Gasteiger partial charge in [-0.25, -0.2) is 14.1 Å². The van der Waals surface area contributed by atoms with Crippen LogP contribution >= 0.6 is 11.6 Å². The molecule has 0 saturated carbocycles. The van der Waals surface area contributed by atoms with Gasteiger partial charge in [-0.05, 0) is 43.3 Å². The molecule has 140 valence electrons. The molecule has 1 aliphatic heterocycles. The van der Waals surface area contributed by atoms with Crippen LogP contribution in [0.4, 0.5) is 4.39 Å². The number of aromatic nitrogens is 3. The van der Waals surface area contributed by atoms with Crippen LogP contribution in [0.25, 0.3) is 0 Å². The van der Waals surface area contributed by atoms with Gasteiger partial charge in [0.1, 0.15) is 24.9 Å². The number of nitrogens with zero attached hydrogens (tertiary/aromatic N) is 3. The fraction of sp³-hybridized carbons (Fsp3) is 0.263. The van der Waals surface area contributed by atoms with Crippen molar-refractivity contribution in [2.45, 2.75) is 25.4 Å². The third kappa shape index (κ3) is 3.66. The Hall–Kier alpha value is -2.48. The van der Waals surface area contributed by atoms with Crippen LogP contribution in [0.3, 0.4) is 0 Å². The molecule has 0 radical (unpaired) electrons. The predicted octanol–water partition coefficient (Wildman–Crippen LogP) is 4.15. The van der Waals surface area contributed by atoms with Crippen LogP contribution in [-0.4, -0.2) is 27.5 Å². The second-order valence-electron chi connectivity index (χ2n) is 6.26. The molecule has 1 saturated heterocycles. The smallest absolute Gasteiger partial charge is 0.215 e. The van der Waals surface area contributed by atoms with Crippen molar-refractivity contribution in [3.05, 3.63) is 71.5 Å². The Morgan fingerprint density at radius 2 is 2.11 bits per heavy atom. The van der Waals surface area contributed by atoms with E-state index in [4.69, 9.17) is 25.8 Å². The monoisotopic (exact) mass is 389 g/mol. The first-order valence-electron chi connectivity index (χ1n) is 8.42. The van der Waals surface area contributed by atoms with Crippen molar-refractivity contribution in [2.75, 3.05) is 6.61 Å². The van der Waals surface area contributed by atoms with E-state index in [0.717, 1.165) is 5.56 Å². The molecule has 1 fully saturated rings. The molecule has 0 bridgehead atoms. The predicted molar refractivity (Wildman–Crippen MR) is 96.1 cm³/mol. The molecule has 2 aromatic carbocycles. The normalized spacial score (nSPS) is 22.1. The third-order valence-corrected chi connectivity index (χ3v) is 4.51. The second kappa shape index (κ2) is 7.26. The first kappa shape index (κ1) is 17.9. The number of rotatable bonds is 5. The second-order valence-corrected chi connectivity index (χ2v) is 6.67. The molecule has 8 heteroatoms. The minimum Gasteiger partial charge on any atom is -0.453 e. The van der Waals surface area contributed by atoms with Gasteiger partial charge in [-0.15, -0.1) is 0 Å². The summed E-state index contributed by atoms with van der Waals surface area (Å²) in [5.41, 5.74) is 0.800. The molecule has 0 N–H and O–H groups in total. The van der Waals surface area contributed by atoms with E-state index in [1.165, 1.54) is 18.5 Å². The minimum absolute atomic E-state index is 0.00812. The van der Waals surface area contributed by atoms with Gasteiger partial charge in [0.25, 0.3) is 0 Å². The van der Waals surface area contributed by atoms with E-state index >= 15 is 0 Å². The number of ether oxygens (including phenoxy) is 3. The number of hydrogen-bond acceptors (Lipinski definition) is 5. The van der Waals surface area contributed by atoms with Crippen molar-refractivity contribution in [1.82, 2.24) is 14.8 Å². The fourth-order valence-electron chi connectivity index (χ4n) is 2.97. The third-order valence-electron chi connectivity index (χ3n) is 4.21. The zero-order chi connectivity index (χ0) is 18.9. The van der Waals surface area contributed by atoms with Crippen molar-refractivity contribution >= 4 is 11.6 Å². The van der Waals surface area contributed by atoms with Gasteiger partial charge in [-0.2, -0.15) is 5.10 Å². The molecule has 0 amide bonds. The highest BCUT2D eigenvalue weighted by Gasteiger charge is 2.42. The Labute approximate surface area is 160 Å². The Morgan fingerprint density at radius 3 is 2.74 bits per heavy atom. The quantitative estimate of drug-likeness (QED) is 0.656. The molecule has 6 nitrogen and oxygen atoms in total. The fourth-order valence-corrected chi connectivity index (χ4v) is 3.17. The van der Waals surface area contributed by atoms with Gasteiger partial charge in [0, 0.05) is 5.56 Å². The minimum atomic E-state index is -0.971. The molecule has 27 heavy (non-hydrogen) atoms. The molecule has 0 aliphatic carbocycles. The van der Waals surface area contributed by atoms with E-state index in [-0.39, 0.29) is 16.9 Å². The Balaban J connectivity index is 1.60. The Morgan fingerprint density at radius 1 is 1.30 bits per heavy atom. The molecule has 1 aliphatic rings. The maximum Gasteiger partial charge on any atom is 0.215 e. The number of para-hydroxylation sites is 1. The first-order chi connectivity index (χ1) is 13.1. The summed E-state index contributed by atoms with van der Waals surface area (Å²) in [4.78, 5) is 3.96. The number of hydrogen-bond donors (Lipinski definition) is 0. The summed E-state index contributed by atoms with van der Waals surface area (Å²) < 4.78 is 33.2. The molecule has 2 unspecified atom stereocenters. The highest BCUT2D eigenvalue weighted by Crippen LogP contribution is 2.38. The van der Waals surface area contributed by atoms with Crippen LogP contribution in [0.2, 0.25) is 5.02 Å². The highest BCUT2D eigenvalue weighted by atomic mass is 35.5. The van der Waals surface area contributed by atoms with Crippen molar-refractivity contribution in [3.8, 4) is 11.5 Å². The summed E-state index contributed by atoms with van der Waals surface area (Å²) in [5.74, 6) is -1.05. The summed E-state index contributed by atoms with van der Waals surface area (Å²) in [6.07, 6.45) is 3.01. The van der Waals surface area contributed by atoms with Gasteiger partial charge in [-0.3, -0.25) is 0 Å². The van der Waals surface area contributed by atoms with Crippen LogP contribution in [-0.2, 0) is 21.8 Å². The lowest BCUT2D eigenvalue weighted by Crippen LogP contribution is -2.33. The van der Waals surface area contributed by atoms with Gasteiger partial charge < -0.3 is 14.2 Å². The first-order valence-corrected chi connectivity index (χ1v) is 8.80. The topological polar surface area (TPSA) is 58.4 Å². The van der Waals surface area contributed by atoms with Gasteiger partial charge in [-0.1, -0.05) is 17.7 Å². The molecule has 2 heterocycles. The SMILES string of the molecule is CC1COC(Cn2cncn2)(c2ccc(Oc3c(F)cccc3Cl)cc2)O1. The van der Waals surface area contributed by atoms with Crippen LogP contribution in [0.5, 0.6) is 11.5 Å². The lowest BCUT2D eigenvalue weighted by Gasteiger charge is -2.28. The molecule has 1 aromatic heterocycles. The molecular formula is C19H17ClFN3O3. The van der Waals surface area contributed by atoms with Crippen LogP contribution in [0.1, 0.15) is 12.5 Å². The summed E-state index contributed by atoms with van der Waals surface area (Å²) in [7, 11) is 0. The van der Waals surface area contributed by atoms with Crippen molar-refractivity contribution in [2.24, 2.45) is 0 Å². The van der Waals surface area contributed by atoms with Gasteiger partial charge in [0.05, 0.1) is 17.7 Å². The van der Waals surface area contributed by atoms with Crippen LogP contribution < -0.4 is 4.74 Å². The zero-order valence-electron chi connectivity index (χ0n) is 14.5. The van der Waals surface area contributed by atoms with Crippen molar-refractivity contribution in [1.29, 1.82) is 0 Å². The Bertz CT molecular complexity index is 900. The van der Waals surface area contributed by atoms with E-state index in [9.17, 15) is 4.39 Å². The molecule has 2 atom stereocenters. The van der Waals surface area contributed by atoms with Gasteiger partial charge in [0.2, 0.25) is 5.79 Å². The molecule has 3 aromatic rings. The highest BCUT2D eigenvalue weighted by molar-refractivity contribution is 6.32. The van der Waals surface area contributed by atoms with Crippen LogP contribution in [0.15, 0.2) is 55.1 Å². The molecular weight excluding hydrogens is 373 g/mol. The van der Waals surface area contributed by atoms with E-state index in [1.807, 2.05) is 19.1 Å². The Kier molecular flexibility index (Phi) is 4.82. The summed E-state index contributed by atoms with van der Waals surface area (Å²) in [6.45, 7) is 2.77. The van der Waals surface area contributed by atoms with E-state index in [1.54, 1.807) is 29.2 Å². The average Bonchev–Trinajstić information content (AvgIpc) is 3.29. The summed E-state index contributed by atoms with van der Waals surface area (Å²) in [5, 5.41) is 4.34. The number of halogens is 2. The largest absolute Gasteiger partial charge is 0.453 e. The van der Waals surface area contributed by atoms with E-state index in [0.29, 0.717) is 18.9 Å². The number of benzene rings is 2. The lowest BCUT2D eigenvalue weighted by atomic mass is 10.1. The molecule has 0 spiro atoms. The summed E-state index contributed by atoms with van der Waals surface area (Å²) in [6, 6.07) is 11.5. The van der Waals surface area contributed by atoms with Crippen molar-refractivity contribution < 1.29 is 18.6 Å². The van der Waals surface area contributed by atoms with Crippen molar-refractivity contribution in [3.63, 3.8) is 0 Å². The van der Waals surface area contributed by atoms with Gasteiger partial charge in [0.15, 0.2) is 11.6 Å². The summed E-state index contributed by atoms with van der Waals surface area (Å²) >= 11 is 6.01. The maximum atomic E-state index is 13.9.